The van der Waals surface area contributed by atoms with Gasteiger partial charge in [-0.25, -0.2) is 0 Å². The van der Waals surface area contributed by atoms with E-state index in [1.807, 2.05) is 6.92 Å². The van der Waals surface area contributed by atoms with Crippen molar-refractivity contribution in [2.45, 2.75) is 13.3 Å². The summed E-state index contributed by atoms with van der Waals surface area (Å²) in [4.78, 5) is 10.6. The summed E-state index contributed by atoms with van der Waals surface area (Å²) in [6.07, 6.45) is 3.79. The Morgan fingerprint density at radius 1 is 1.78 bits per heavy atom. The van der Waals surface area contributed by atoms with Crippen LogP contribution < -0.4 is 5.32 Å². The monoisotopic (exact) mass is 126 g/mol. The maximum atomic E-state index is 10.6. The molecule has 2 heteroatoms. The first-order chi connectivity index (χ1) is 4.31. The molecular formula is C7H12NO. The van der Waals surface area contributed by atoms with Crippen molar-refractivity contribution in [3.05, 3.63) is 19.1 Å². The molecule has 0 aromatic carbocycles. The molecule has 1 radical (unpaired) electrons. The second kappa shape index (κ2) is 5.35. The fourth-order valence-corrected chi connectivity index (χ4v) is 0.460. The maximum absolute atomic E-state index is 10.6. The molecule has 0 aliphatic rings. The van der Waals surface area contributed by atoms with Crippen molar-refractivity contribution in [1.82, 2.24) is 5.32 Å². The number of carbonyl (C=O) groups excluding carboxylic acids is 1. The van der Waals surface area contributed by atoms with Gasteiger partial charge in [-0.1, -0.05) is 12.2 Å². The molecule has 0 aromatic heterocycles. The van der Waals surface area contributed by atoms with Crippen LogP contribution >= 0.6 is 0 Å². The zero-order valence-corrected chi connectivity index (χ0v) is 5.68. The van der Waals surface area contributed by atoms with E-state index in [9.17, 15) is 4.79 Å². The minimum absolute atomic E-state index is 0.0531. The Morgan fingerprint density at radius 2 is 2.44 bits per heavy atom. The zero-order valence-electron chi connectivity index (χ0n) is 5.68. The first-order valence-corrected chi connectivity index (χ1v) is 3.02. The van der Waals surface area contributed by atoms with Crippen LogP contribution in [-0.2, 0) is 4.79 Å². The number of carbonyl (C=O) groups is 1. The zero-order chi connectivity index (χ0) is 7.11. The first-order valence-electron chi connectivity index (χ1n) is 3.02. The van der Waals surface area contributed by atoms with Crippen LogP contribution in [0.5, 0.6) is 0 Å². The average molecular weight is 126 g/mol. The predicted molar refractivity (Wildman–Crippen MR) is 37.8 cm³/mol. The Hall–Kier alpha value is -0.790. The molecule has 1 amide bonds. The van der Waals surface area contributed by atoms with E-state index in [1.165, 1.54) is 0 Å². The Labute approximate surface area is 56.0 Å². The van der Waals surface area contributed by atoms with Crippen molar-refractivity contribution < 1.29 is 4.79 Å². The molecule has 0 bridgehead atoms. The number of nitrogens with one attached hydrogen (secondary N) is 1. The van der Waals surface area contributed by atoms with Gasteiger partial charge in [0, 0.05) is 13.0 Å². The van der Waals surface area contributed by atoms with Gasteiger partial charge in [0.1, 0.15) is 0 Å². The van der Waals surface area contributed by atoms with Crippen LogP contribution in [0, 0.1) is 6.92 Å². The fourth-order valence-electron chi connectivity index (χ4n) is 0.460. The minimum atomic E-state index is 0.0531. The largest absolute Gasteiger partial charge is 0.356 e. The van der Waals surface area contributed by atoms with Gasteiger partial charge >= 0.3 is 0 Å². The lowest BCUT2D eigenvalue weighted by molar-refractivity contribution is -0.120. The Balaban J connectivity index is 3.27. The summed E-state index contributed by atoms with van der Waals surface area (Å²) in [6, 6.07) is 0. The van der Waals surface area contributed by atoms with Crippen molar-refractivity contribution in [3.63, 3.8) is 0 Å². The van der Waals surface area contributed by atoms with Gasteiger partial charge in [-0.05, 0) is 13.8 Å². The van der Waals surface area contributed by atoms with E-state index in [-0.39, 0.29) is 5.91 Å². The maximum Gasteiger partial charge on any atom is 0.223 e. The molecule has 0 rings (SSSR count). The van der Waals surface area contributed by atoms with E-state index in [1.54, 1.807) is 12.2 Å². The average Bonchev–Trinajstić information content (AvgIpc) is 1.85. The molecule has 0 aliphatic carbocycles. The number of hydrogen-bond acceptors (Lipinski definition) is 1. The molecule has 0 aliphatic heterocycles. The second-order valence-corrected chi connectivity index (χ2v) is 1.63. The highest BCUT2D eigenvalue weighted by Gasteiger charge is 1.91. The summed E-state index contributed by atoms with van der Waals surface area (Å²) >= 11 is 0. The first kappa shape index (κ1) is 8.21. The van der Waals surface area contributed by atoms with Gasteiger partial charge in [0.15, 0.2) is 0 Å². The molecule has 9 heavy (non-hydrogen) atoms. The van der Waals surface area contributed by atoms with E-state index in [0.29, 0.717) is 13.0 Å². The standard InChI is InChI=1S/C7H12NO/c1-3-5-6-7(9)8-4-2/h3,5H,1,4,6H2,2H3,(H,8,9). The summed E-state index contributed by atoms with van der Waals surface area (Å²) in [5, 5.41) is 2.66. The summed E-state index contributed by atoms with van der Waals surface area (Å²) < 4.78 is 0. The van der Waals surface area contributed by atoms with Gasteiger partial charge in [0.2, 0.25) is 5.91 Å². The molecule has 51 valence electrons. The molecule has 0 heterocycles. The molecule has 0 saturated heterocycles. The molecule has 0 saturated carbocycles. The highest BCUT2D eigenvalue weighted by atomic mass is 16.1. The van der Waals surface area contributed by atoms with Crippen molar-refractivity contribution in [2.24, 2.45) is 0 Å². The Kier molecular flexibility index (Phi) is 4.88. The molecule has 0 aromatic rings. The van der Waals surface area contributed by atoms with Gasteiger partial charge in [-0.15, -0.1) is 0 Å². The van der Waals surface area contributed by atoms with E-state index in [0.717, 1.165) is 0 Å². The SMILES string of the molecule is [CH2]C=CCC(=O)NCC. The topological polar surface area (TPSA) is 29.1 Å². The number of amides is 1. The van der Waals surface area contributed by atoms with Crippen LogP contribution in [0.15, 0.2) is 12.2 Å². The van der Waals surface area contributed by atoms with Crippen LogP contribution in [0.25, 0.3) is 0 Å². The van der Waals surface area contributed by atoms with Gasteiger partial charge in [-0.3, -0.25) is 4.79 Å². The summed E-state index contributed by atoms with van der Waals surface area (Å²) in [5.74, 6) is 0.0531. The van der Waals surface area contributed by atoms with E-state index < -0.39 is 0 Å². The van der Waals surface area contributed by atoms with Crippen LogP contribution in [-0.4, -0.2) is 12.5 Å². The van der Waals surface area contributed by atoms with Crippen molar-refractivity contribution in [1.29, 1.82) is 0 Å². The van der Waals surface area contributed by atoms with Crippen molar-refractivity contribution in [3.8, 4) is 0 Å². The molecule has 0 unspecified atom stereocenters. The molecule has 2 nitrogen and oxygen atoms in total. The molecule has 0 spiro atoms. The van der Waals surface area contributed by atoms with Crippen LogP contribution in [0.1, 0.15) is 13.3 Å². The normalized spacial score (nSPS) is 10.0. The van der Waals surface area contributed by atoms with Crippen LogP contribution in [0.3, 0.4) is 0 Å². The molecule has 0 fully saturated rings. The smallest absolute Gasteiger partial charge is 0.223 e. The highest BCUT2D eigenvalue weighted by Crippen LogP contribution is 1.80. The van der Waals surface area contributed by atoms with Gasteiger partial charge in [0.05, 0.1) is 0 Å². The van der Waals surface area contributed by atoms with Crippen LogP contribution in [0.4, 0.5) is 0 Å². The van der Waals surface area contributed by atoms with Gasteiger partial charge in [-0.2, -0.15) is 0 Å². The fraction of sp³-hybridized carbons (Fsp3) is 0.429. The lowest BCUT2D eigenvalue weighted by atomic mass is 10.3. The quantitative estimate of drug-likeness (QED) is 0.598. The van der Waals surface area contributed by atoms with E-state index >= 15 is 0 Å². The predicted octanol–water partition coefficient (Wildman–Crippen LogP) is 0.903. The van der Waals surface area contributed by atoms with Gasteiger partial charge in [0.25, 0.3) is 0 Å². The van der Waals surface area contributed by atoms with E-state index in [4.69, 9.17) is 0 Å². The van der Waals surface area contributed by atoms with E-state index in [2.05, 4.69) is 12.2 Å². The Morgan fingerprint density at radius 3 is 2.89 bits per heavy atom. The van der Waals surface area contributed by atoms with Gasteiger partial charge < -0.3 is 5.32 Å². The lowest BCUT2D eigenvalue weighted by Gasteiger charge is -1.95. The summed E-state index contributed by atoms with van der Waals surface area (Å²) in [6.45, 7) is 6.05. The lowest BCUT2D eigenvalue weighted by Crippen LogP contribution is -2.21. The summed E-state index contributed by atoms with van der Waals surface area (Å²) in [7, 11) is 0. The third-order valence-electron chi connectivity index (χ3n) is 0.844. The van der Waals surface area contributed by atoms with Crippen molar-refractivity contribution in [2.75, 3.05) is 6.54 Å². The van der Waals surface area contributed by atoms with Crippen LogP contribution in [0.2, 0.25) is 0 Å². The number of allylic oxidation sites excluding steroid dienone is 1. The number of hydrogen-bond donors (Lipinski definition) is 1. The number of rotatable bonds is 3. The van der Waals surface area contributed by atoms with Crippen molar-refractivity contribution >= 4 is 5.91 Å². The third-order valence-corrected chi connectivity index (χ3v) is 0.844. The molecular weight excluding hydrogens is 114 g/mol. The Bertz CT molecular complexity index is 107. The molecule has 1 N–H and O–H groups in total. The summed E-state index contributed by atoms with van der Waals surface area (Å²) in [5.41, 5.74) is 0. The third kappa shape index (κ3) is 5.07. The second-order valence-electron chi connectivity index (χ2n) is 1.63. The highest BCUT2D eigenvalue weighted by molar-refractivity contribution is 5.77. The minimum Gasteiger partial charge on any atom is -0.356 e. The molecule has 0 atom stereocenters.